The maximum absolute atomic E-state index is 11.2. The molecule has 6 nitrogen and oxygen atoms in total. The Hall–Kier alpha value is -1.82. The van der Waals surface area contributed by atoms with Crippen molar-refractivity contribution in [2.75, 3.05) is 13.6 Å². The molecule has 6 heteroatoms. The number of rotatable bonds is 4. The molecule has 0 bridgehead atoms. The molecule has 3 N–H and O–H groups in total. The number of likely N-dealkylation sites (N-methyl/N-ethyl adjacent to an activating group) is 1. The van der Waals surface area contributed by atoms with E-state index in [4.69, 9.17) is 4.42 Å². The molecule has 1 rings (SSSR count). The average molecular weight is 240 g/mol. The van der Waals surface area contributed by atoms with Crippen LogP contribution in [0.25, 0.3) is 0 Å². The van der Waals surface area contributed by atoms with Gasteiger partial charge in [-0.15, -0.1) is 0 Å². The van der Waals surface area contributed by atoms with Gasteiger partial charge in [0.15, 0.2) is 0 Å². The fraction of sp³-hybridized carbons (Fsp3) is 0.455. The van der Waals surface area contributed by atoms with Gasteiger partial charge in [0.2, 0.25) is 0 Å². The molecule has 0 aliphatic carbocycles. The van der Waals surface area contributed by atoms with E-state index >= 15 is 0 Å². The van der Waals surface area contributed by atoms with Gasteiger partial charge in [0.25, 0.3) is 0 Å². The summed E-state index contributed by atoms with van der Waals surface area (Å²) in [4.78, 5) is 22.1. The number of nitrogens with one attached hydrogen (secondary N) is 2. The Kier molecular flexibility index (Phi) is 4.28. The lowest BCUT2D eigenvalue weighted by atomic mass is 10.0. The van der Waals surface area contributed by atoms with Gasteiger partial charge in [-0.05, 0) is 19.1 Å². The maximum atomic E-state index is 11.2. The third-order valence-electron chi connectivity index (χ3n) is 2.20. The molecule has 0 aliphatic heterocycles. The first kappa shape index (κ1) is 13.2. The van der Waals surface area contributed by atoms with Gasteiger partial charge in [0, 0.05) is 20.0 Å². The van der Waals surface area contributed by atoms with Gasteiger partial charge in [-0.2, -0.15) is 0 Å². The van der Waals surface area contributed by atoms with E-state index in [0.29, 0.717) is 5.76 Å². The van der Waals surface area contributed by atoms with Gasteiger partial charge in [-0.25, -0.2) is 0 Å². The number of hydrogen-bond acceptors (Lipinski definition) is 4. The summed E-state index contributed by atoms with van der Waals surface area (Å²) in [6.45, 7) is 1.53. The van der Waals surface area contributed by atoms with E-state index in [9.17, 15) is 14.7 Å². The normalized spacial score (nSPS) is 13.8. The highest BCUT2D eigenvalue weighted by atomic mass is 16.3. The van der Waals surface area contributed by atoms with Gasteiger partial charge in [-0.3, -0.25) is 9.59 Å². The van der Waals surface area contributed by atoms with Crippen LogP contribution in [0.5, 0.6) is 0 Å². The maximum Gasteiger partial charge on any atom is 0.309 e. The Bertz CT molecular complexity index is 384. The van der Waals surface area contributed by atoms with E-state index in [1.165, 1.54) is 13.3 Å². The molecule has 17 heavy (non-hydrogen) atoms. The molecular formula is C11H16N2O4. The summed E-state index contributed by atoms with van der Waals surface area (Å²) in [5.41, 5.74) is -1.17. The van der Waals surface area contributed by atoms with Crippen LogP contribution in [0.2, 0.25) is 0 Å². The molecule has 1 aromatic heterocycles. The first-order valence-electron chi connectivity index (χ1n) is 5.19. The van der Waals surface area contributed by atoms with Crippen molar-refractivity contribution in [3.8, 4) is 0 Å². The van der Waals surface area contributed by atoms with Crippen molar-refractivity contribution >= 4 is 11.8 Å². The number of hydrogen-bond donors (Lipinski definition) is 3. The van der Waals surface area contributed by atoms with Gasteiger partial charge in [0.05, 0.1) is 11.9 Å². The molecule has 1 unspecified atom stereocenters. The molecule has 94 valence electrons. The van der Waals surface area contributed by atoms with Crippen molar-refractivity contribution in [3.63, 3.8) is 0 Å². The van der Waals surface area contributed by atoms with Crippen LogP contribution >= 0.6 is 0 Å². The van der Waals surface area contributed by atoms with E-state index < -0.39 is 17.4 Å². The highest BCUT2D eigenvalue weighted by Gasteiger charge is 2.24. The first-order valence-corrected chi connectivity index (χ1v) is 5.19. The number of amides is 2. The van der Waals surface area contributed by atoms with Crippen molar-refractivity contribution in [1.29, 1.82) is 0 Å². The zero-order chi connectivity index (χ0) is 12.9. The van der Waals surface area contributed by atoms with Crippen LogP contribution in [0, 0.1) is 0 Å². The van der Waals surface area contributed by atoms with E-state index in [-0.39, 0.29) is 13.0 Å². The quantitative estimate of drug-likeness (QED) is 0.615. The second-order valence-corrected chi connectivity index (χ2v) is 4.01. The Labute approximate surface area is 99.0 Å². The molecule has 0 spiro atoms. The Morgan fingerprint density at radius 3 is 2.71 bits per heavy atom. The van der Waals surface area contributed by atoms with Crippen LogP contribution in [0.3, 0.4) is 0 Å². The fourth-order valence-corrected chi connectivity index (χ4v) is 1.32. The zero-order valence-corrected chi connectivity index (χ0v) is 9.82. The van der Waals surface area contributed by atoms with Crippen molar-refractivity contribution in [2.24, 2.45) is 0 Å². The van der Waals surface area contributed by atoms with Crippen molar-refractivity contribution in [2.45, 2.75) is 18.9 Å². The van der Waals surface area contributed by atoms with Crippen molar-refractivity contribution in [1.82, 2.24) is 10.6 Å². The summed E-state index contributed by atoms with van der Waals surface area (Å²) >= 11 is 0. The van der Waals surface area contributed by atoms with Gasteiger partial charge in [-0.1, -0.05) is 0 Å². The van der Waals surface area contributed by atoms with Crippen LogP contribution < -0.4 is 10.6 Å². The number of aliphatic hydroxyl groups is 1. The largest absolute Gasteiger partial charge is 0.469 e. The molecule has 0 radical (unpaired) electrons. The zero-order valence-electron chi connectivity index (χ0n) is 9.82. The predicted molar refractivity (Wildman–Crippen MR) is 60.1 cm³/mol. The number of carbonyl (C=O) groups is 2. The first-order chi connectivity index (χ1) is 7.94. The van der Waals surface area contributed by atoms with E-state index in [0.717, 1.165) is 0 Å². The summed E-state index contributed by atoms with van der Waals surface area (Å²) in [7, 11) is 1.36. The molecule has 0 aromatic carbocycles. The summed E-state index contributed by atoms with van der Waals surface area (Å²) < 4.78 is 5.09. The lowest BCUT2D eigenvalue weighted by molar-refractivity contribution is -0.139. The second-order valence-electron chi connectivity index (χ2n) is 4.01. The van der Waals surface area contributed by atoms with Gasteiger partial charge < -0.3 is 20.2 Å². The summed E-state index contributed by atoms with van der Waals surface area (Å²) in [5.74, 6) is -0.893. The number of carbonyl (C=O) groups excluding carboxylic acids is 2. The van der Waals surface area contributed by atoms with Crippen LogP contribution in [-0.4, -0.2) is 36.1 Å². The SMILES string of the molecule is CNC(=O)C(=O)NCC(C)(O)Cc1ccco1. The van der Waals surface area contributed by atoms with Crippen LogP contribution in [0.4, 0.5) is 0 Å². The molecule has 1 heterocycles. The topological polar surface area (TPSA) is 91.6 Å². The minimum absolute atomic E-state index is 0.0278. The monoisotopic (exact) mass is 240 g/mol. The van der Waals surface area contributed by atoms with E-state index in [2.05, 4.69) is 10.6 Å². The Morgan fingerprint density at radius 2 is 2.18 bits per heavy atom. The Balaban J connectivity index is 2.44. The van der Waals surface area contributed by atoms with E-state index in [1.54, 1.807) is 19.1 Å². The molecule has 1 aromatic rings. The van der Waals surface area contributed by atoms with Crippen molar-refractivity contribution in [3.05, 3.63) is 24.2 Å². The van der Waals surface area contributed by atoms with Crippen molar-refractivity contribution < 1.29 is 19.1 Å². The molecule has 0 saturated heterocycles. The van der Waals surface area contributed by atoms with E-state index in [1.807, 2.05) is 0 Å². The average Bonchev–Trinajstić information content (AvgIpc) is 2.76. The fourth-order valence-electron chi connectivity index (χ4n) is 1.32. The minimum atomic E-state index is -1.17. The van der Waals surface area contributed by atoms with Crippen LogP contribution in [-0.2, 0) is 16.0 Å². The summed E-state index contributed by atoms with van der Waals surface area (Å²) in [6, 6.07) is 3.45. The van der Waals surface area contributed by atoms with Gasteiger partial charge in [0.1, 0.15) is 5.76 Å². The second kappa shape index (κ2) is 5.49. The number of furan rings is 1. The van der Waals surface area contributed by atoms with Crippen LogP contribution in [0.15, 0.2) is 22.8 Å². The lowest BCUT2D eigenvalue weighted by Crippen LogP contribution is -2.46. The third-order valence-corrected chi connectivity index (χ3v) is 2.20. The molecular weight excluding hydrogens is 224 g/mol. The molecule has 0 aliphatic rings. The summed E-state index contributed by atoms with van der Waals surface area (Å²) in [6.07, 6.45) is 1.77. The smallest absolute Gasteiger partial charge is 0.309 e. The lowest BCUT2D eigenvalue weighted by Gasteiger charge is -2.22. The highest BCUT2D eigenvalue weighted by Crippen LogP contribution is 2.12. The molecule has 0 saturated carbocycles. The molecule has 2 amide bonds. The predicted octanol–water partition coefficient (Wildman–Crippen LogP) is -0.565. The Morgan fingerprint density at radius 1 is 1.47 bits per heavy atom. The van der Waals surface area contributed by atoms with Gasteiger partial charge >= 0.3 is 11.8 Å². The minimum Gasteiger partial charge on any atom is -0.469 e. The highest BCUT2D eigenvalue weighted by molar-refractivity contribution is 6.35. The van der Waals surface area contributed by atoms with Crippen LogP contribution in [0.1, 0.15) is 12.7 Å². The molecule has 0 fully saturated rings. The third kappa shape index (κ3) is 4.28. The molecule has 1 atom stereocenters. The standard InChI is InChI=1S/C11H16N2O4/c1-11(16,6-8-4-3-5-17-8)7-13-10(15)9(14)12-2/h3-5,16H,6-7H2,1-2H3,(H,12,14)(H,13,15). The summed E-state index contributed by atoms with van der Waals surface area (Å²) in [5, 5.41) is 14.5.